The van der Waals surface area contributed by atoms with Gasteiger partial charge in [-0.15, -0.1) is 11.8 Å². The Bertz CT molecular complexity index is 1520. The lowest BCUT2D eigenvalue weighted by molar-refractivity contribution is -0.130. The van der Waals surface area contributed by atoms with E-state index < -0.39 is 0 Å². The molecule has 198 valence electrons. The normalized spacial score (nSPS) is 17.3. The van der Waals surface area contributed by atoms with Crippen molar-refractivity contribution in [3.05, 3.63) is 101 Å². The first kappa shape index (κ1) is 25.4. The molecule has 6 nitrogen and oxygen atoms in total. The highest BCUT2D eigenvalue weighted by Gasteiger charge is 2.38. The molecule has 1 aromatic heterocycles. The first-order valence-corrected chi connectivity index (χ1v) is 14.6. The number of amides is 2. The van der Waals surface area contributed by atoms with Crippen LogP contribution in [0.15, 0.2) is 78.9 Å². The molecule has 2 aliphatic rings. The molecule has 1 unspecified atom stereocenters. The van der Waals surface area contributed by atoms with E-state index in [0.717, 1.165) is 59.6 Å². The highest BCUT2D eigenvalue weighted by Crippen LogP contribution is 2.48. The molecule has 3 heterocycles. The number of thioether (sulfide) groups is 1. The van der Waals surface area contributed by atoms with Crippen LogP contribution in [0.1, 0.15) is 40.3 Å². The molecule has 1 fully saturated rings. The molecule has 0 spiro atoms. The van der Waals surface area contributed by atoms with Crippen molar-refractivity contribution in [1.82, 2.24) is 14.7 Å². The Morgan fingerprint density at radius 2 is 1.69 bits per heavy atom. The molecule has 0 aliphatic carbocycles. The van der Waals surface area contributed by atoms with Gasteiger partial charge in [-0.3, -0.25) is 14.5 Å². The molecule has 2 amide bonds. The van der Waals surface area contributed by atoms with Gasteiger partial charge >= 0.3 is 0 Å². The molecular formula is C32H32N4O2S. The summed E-state index contributed by atoms with van der Waals surface area (Å²) in [6.07, 6.45) is 2.02. The summed E-state index contributed by atoms with van der Waals surface area (Å²) >= 11 is 1.61. The SMILES string of the molecule is Cc1cccc(C2SCC(=O)N(CC(=O)N3CCCC3)c3c2c(-c2ccccc2)nn3-c2ccccc2C)c1. The van der Waals surface area contributed by atoms with Crippen molar-refractivity contribution >= 4 is 29.4 Å². The van der Waals surface area contributed by atoms with Crippen LogP contribution < -0.4 is 4.90 Å². The topological polar surface area (TPSA) is 58.4 Å². The van der Waals surface area contributed by atoms with E-state index in [1.165, 1.54) is 5.56 Å². The molecule has 4 aromatic rings. The Kier molecular flexibility index (Phi) is 7.00. The maximum absolute atomic E-state index is 13.9. The average Bonchev–Trinajstić information content (AvgIpc) is 3.59. The number of likely N-dealkylation sites (tertiary alicyclic amines) is 1. The summed E-state index contributed by atoms with van der Waals surface area (Å²) in [5.41, 5.74) is 7.03. The van der Waals surface area contributed by atoms with Gasteiger partial charge in [0.15, 0.2) is 0 Å². The van der Waals surface area contributed by atoms with Crippen LogP contribution in [-0.2, 0) is 9.59 Å². The van der Waals surface area contributed by atoms with Crippen LogP contribution in [0.5, 0.6) is 0 Å². The lowest BCUT2D eigenvalue weighted by Gasteiger charge is -2.26. The summed E-state index contributed by atoms with van der Waals surface area (Å²) in [5.74, 6) is 0.892. The summed E-state index contributed by atoms with van der Waals surface area (Å²) in [4.78, 5) is 30.9. The molecule has 39 heavy (non-hydrogen) atoms. The van der Waals surface area contributed by atoms with Gasteiger partial charge in [0.1, 0.15) is 12.4 Å². The van der Waals surface area contributed by atoms with Crippen molar-refractivity contribution in [3.8, 4) is 16.9 Å². The number of aromatic nitrogens is 2. The molecular weight excluding hydrogens is 504 g/mol. The second-order valence-corrected chi connectivity index (χ2v) is 11.4. The van der Waals surface area contributed by atoms with Gasteiger partial charge in [-0.25, -0.2) is 4.68 Å². The third-order valence-electron chi connectivity index (χ3n) is 7.58. The molecule has 7 heteroatoms. The Morgan fingerprint density at radius 3 is 2.44 bits per heavy atom. The second kappa shape index (κ2) is 10.7. The monoisotopic (exact) mass is 536 g/mol. The van der Waals surface area contributed by atoms with Crippen LogP contribution in [0.3, 0.4) is 0 Å². The van der Waals surface area contributed by atoms with E-state index in [1.54, 1.807) is 16.7 Å². The van der Waals surface area contributed by atoms with Crippen LogP contribution in [0.25, 0.3) is 16.9 Å². The lowest BCUT2D eigenvalue weighted by atomic mass is 9.98. The van der Waals surface area contributed by atoms with Crippen molar-refractivity contribution in [2.45, 2.75) is 31.9 Å². The third kappa shape index (κ3) is 4.87. The van der Waals surface area contributed by atoms with Gasteiger partial charge in [-0.05, 0) is 43.9 Å². The number of rotatable bonds is 5. The summed E-state index contributed by atoms with van der Waals surface area (Å²) in [7, 11) is 0. The van der Waals surface area contributed by atoms with E-state index in [1.807, 2.05) is 46.0 Å². The minimum Gasteiger partial charge on any atom is -0.341 e. The first-order valence-electron chi connectivity index (χ1n) is 13.5. The van der Waals surface area contributed by atoms with Crippen molar-refractivity contribution in [1.29, 1.82) is 0 Å². The Balaban J connectivity index is 1.62. The Labute approximate surface area is 233 Å². The van der Waals surface area contributed by atoms with Gasteiger partial charge in [-0.1, -0.05) is 78.4 Å². The number of aryl methyl sites for hydroxylation is 2. The fourth-order valence-corrected chi connectivity index (χ4v) is 6.78. The van der Waals surface area contributed by atoms with Crippen LogP contribution in [0.4, 0.5) is 5.82 Å². The van der Waals surface area contributed by atoms with Crippen LogP contribution in [0.2, 0.25) is 0 Å². The molecule has 0 saturated carbocycles. The fraction of sp³-hybridized carbons (Fsp3) is 0.281. The average molecular weight is 537 g/mol. The second-order valence-electron chi connectivity index (χ2n) is 10.3. The van der Waals surface area contributed by atoms with Crippen molar-refractivity contribution in [2.75, 3.05) is 30.3 Å². The largest absolute Gasteiger partial charge is 0.341 e. The zero-order valence-electron chi connectivity index (χ0n) is 22.3. The number of carbonyl (C=O) groups is 2. The van der Waals surface area contributed by atoms with E-state index in [0.29, 0.717) is 5.82 Å². The van der Waals surface area contributed by atoms with E-state index in [2.05, 4.69) is 56.3 Å². The summed E-state index contributed by atoms with van der Waals surface area (Å²) < 4.78 is 1.90. The molecule has 0 bridgehead atoms. The molecule has 2 aliphatic heterocycles. The standard InChI is InChI=1S/C32H32N4O2S/c1-22-11-10-15-25(19-22)31-29-30(24-13-4-3-5-14-24)33-36(26-16-7-6-12-23(26)2)32(29)35(28(38)21-39-31)20-27(37)34-17-8-9-18-34/h3-7,10-16,19,31H,8-9,17-18,20-21H2,1-2H3. The lowest BCUT2D eigenvalue weighted by Crippen LogP contribution is -2.43. The van der Waals surface area contributed by atoms with Gasteiger partial charge in [0.2, 0.25) is 11.8 Å². The minimum absolute atomic E-state index is 0.00963. The minimum atomic E-state index is -0.122. The predicted molar refractivity (Wildman–Crippen MR) is 157 cm³/mol. The smallest absolute Gasteiger partial charge is 0.242 e. The number of nitrogens with zero attached hydrogens (tertiary/aromatic N) is 4. The van der Waals surface area contributed by atoms with Crippen molar-refractivity contribution < 1.29 is 9.59 Å². The number of anilines is 1. The number of para-hydroxylation sites is 1. The van der Waals surface area contributed by atoms with Crippen LogP contribution in [-0.4, -0.2) is 51.9 Å². The number of hydrogen-bond acceptors (Lipinski definition) is 4. The summed E-state index contributed by atoms with van der Waals surface area (Å²) in [6.45, 7) is 5.66. The van der Waals surface area contributed by atoms with Crippen molar-refractivity contribution in [3.63, 3.8) is 0 Å². The quantitative estimate of drug-likeness (QED) is 0.316. The van der Waals surface area contributed by atoms with Crippen LogP contribution in [0, 0.1) is 13.8 Å². The molecule has 0 radical (unpaired) electrons. The summed E-state index contributed by atoms with van der Waals surface area (Å²) in [5, 5.41) is 5.09. The predicted octanol–water partition coefficient (Wildman–Crippen LogP) is 5.95. The van der Waals surface area contributed by atoms with Crippen molar-refractivity contribution in [2.24, 2.45) is 0 Å². The third-order valence-corrected chi connectivity index (χ3v) is 8.83. The number of benzene rings is 3. The summed E-state index contributed by atoms with van der Waals surface area (Å²) in [6, 6.07) is 26.7. The van der Waals surface area contributed by atoms with Gasteiger partial charge < -0.3 is 4.90 Å². The number of carbonyl (C=O) groups excluding carboxylic acids is 2. The molecule has 1 atom stereocenters. The molecule has 6 rings (SSSR count). The Hall–Kier alpha value is -3.84. The van der Waals surface area contributed by atoms with E-state index >= 15 is 0 Å². The maximum atomic E-state index is 13.9. The zero-order chi connectivity index (χ0) is 26.9. The van der Waals surface area contributed by atoms with E-state index in [-0.39, 0.29) is 29.4 Å². The van der Waals surface area contributed by atoms with Crippen LogP contribution >= 0.6 is 11.8 Å². The number of fused-ring (bicyclic) bond motifs is 1. The van der Waals surface area contributed by atoms with Gasteiger partial charge in [0.05, 0.1) is 22.4 Å². The maximum Gasteiger partial charge on any atom is 0.242 e. The fourth-order valence-electron chi connectivity index (χ4n) is 5.60. The Morgan fingerprint density at radius 1 is 0.949 bits per heavy atom. The first-order chi connectivity index (χ1) is 19.0. The van der Waals surface area contributed by atoms with Gasteiger partial charge in [-0.2, -0.15) is 5.10 Å². The molecule has 3 aromatic carbocycles. The highest BCUT2D eigenvalue weighted by atomic mass is 32.2. The van der Waals surface area contributed by atoms with Gasteiger partial charge in [0, 0.05) is 24.2 Å². The molecule has 0 N–H and O–H groups in total. The molecule has 1 saturated heterocycles. The number of hydrogen-bond donors (Lipinski definition) is 0. The van der Waals surface area contributed by atoms with E-state index in [4.69, 9.17) is 5.10 Å². The highest BCUT2D eigenvalue weighted by molar-refractivity contribution is 8.00. The zero-order valence-corrected chi connectivity index (χ0v) is 23.2. The van der Waals surface area contributed by atoms with Gasteiger partial charge in [0.25, 0.3) is 0 Å². The van der Waals surface area contributed by atoms with E-state index in [9.17, 15) is 9.59 Å².